The summed E-state index contributed by atoms with van der Waals surface area (Å²) in [5.74, 6) is 1.42. The van der Waals surface area contributed by atoms with Crippen LogP contribution in [0.5, 0.6) is 0 Å². The number of hydrogen-bond donors (Lipinski definition) is 0. The van der Waals surface area contributed by atoms with Crippen LogP contribution in [0, 0.1) is 5.82 Å². The molecular weight excluding hydrogens is 247 g/mol. The zero-order valence-electron chi connectivity index (χ0n) is 10.5. The number of nitrogens with zero attached hydrogens (tertiary/aromatic N) is 2. The Morgan fingerprint density at radius 2 is 2.05 bits per heavy atom. The quantitative estimate of drug-likeness (QED) is 0.849. The normalized spacial score (nSPS) is 18.9. The summed E-state index contributed by atoms with van der Waals surface area (Å²) in [5, 5.41) is 4.00. The third-order valence-electron chi connectivity index (χ3n) is 3.32. The molecule has 1 aliphatic heterocycles. The van der Waals surface area contributed by atoms with Crippen molar-refractivity contribution in [2.45, 2.75) is 25.2 Å². The highest BCUT2D eigenvalue weighted by Crippen LogP contribution is 2.22. The van der Waals surface area contributed by atoms with E-state index in [0.29, 0.717) is 18.9 Å². The average Bonchev–Trinajstić information content (AvgIpc) is 3.09. The predicted octanol–water partition coefficient (Wildman–Crippen LogP) is 2.50. The fourth-order valence-corrected chi connectivity index (χ4v) is 2.18. The van der Waals surface area contributed by atoms with Crippen molar-refractivity contribution in [1.82, 2.24) is 10.1 Å². The molecule has 1 aliphatic rings. The molecule has 5 heteroatoms. The lowest BCUT2D eigenvalue weighted by atomic mass is 10.1. The van der Waals surface area contributed by atoms with Gasteiger partial charge >= 0.3 is 0 Å². The van der Waals surface area contributed by atoms with E-state index in [1.165, 1.54) is 12.1 Å². The van der Waals surface area contributed by atoms with Crippen LogP contribution in [0.25, 0.3) is 0 Å². The first-order chi connectivity index (χ1) is 9.31. The summed E-state index contributed by atoms with van der Waals surface area (Å²) in [4.78, 5) is 4.39. The Morgan fingerprint density at radius 1 is 1.21 bits per heavy atom. The average molecular weight is 262 g/mol. The first kappa shape index (κ1) is 12.3. The van der Waals surface area contributed by atoms with Crippen molar-refractivity contribution in [3.05, 3.63) is 47.4 Å². The van der Waals surface area contributed by atoms with Crippen LogP contribution in [0.1, 0.15) is 29.6 Å². The van der Waals surface area contributed by atoms with E-state index >= 15 is 0 Å². The fraction of sp³-hybridized carbons (Fsp3) is 0.429. The van der Waals surface area contributed by atoms with Crippen LogP contribution in [0.15, 0.2) is 28.8 Å². The van der Waals surface area contributed by atoms with E-state index in [9.17, 15) is 4.39 Å². The number of benzene rings is 1. The molecule has 1 saturated heterocycles. The van der Waals surface area contributed by atoms with Gasteiger partial charge in [-0.05, 0) is 30.5 Å². The van der Waals surface area contributed by atoms with Gasteiger partial charge in [-0.3, -0.25) is 0 Å². The monoisotopic (exact) mass is 262 g/mol. The zero-order chi connectivity index (χ0) is 13.1. The Balaban J connectivity index is 1.59. The summed E-state index contributed by atoms with van der Waals surface area (Å²) in [7, 11) is 0. The summed E-state index contributed by atoms with van der Waals surface area (Å²) in [5.41, 5.74) is 1.06. The molecule has 0 bridgehead atoms. The van der Waals surface area contributed by atoms with E-state index in [1.807, 2.05) is 0 Å². The number of aromatic nitrogens is 2. The molecule has 0 saturated carbocycles. The molecule has 1 fully saturated rings. The molecule has 1 unspecified atom stereocenters. The molecule has 19 heavy (non-hydrogen) atoms. The molecule has 4 nitrogen and oxygen atoms in total. The van der Waals surface area contributed by atoms with Gasteiger partial charge in [0.15, 0.2) is 5.82 Å². The van der Waals surface area contributed by atoms with E-state index in [4.69, 9.17) is 9.26 Å². The van der Waals surface area contributed by atoms with Crippen molar-refractivity contribution in [3.63, 3.8) is 0 Å². The highest BCUT2D eigenvalue weighted by molar-refractivity contribution is 5.16. The molecule has 0 aliphatic carbocycles. The van der Waals surface area contributed by atoms with Crippen LogP contribution in [0.2, 0.25) is 0 Å². The number of hydrogen-bond acceptors (Lipinski definition) is 4. The van der Waals surface area contributed by atoms with E-state index in [0.717, 1.165) is 30.8 Å². The van der Waals surface area contributed by atoms with Gasteiger partial charge in [-0.1, -0.05) is 17.3 Å². The van der Waals surface area contributed by atoms with Crippen LogP contribution < -0.4 is 0 Å². The molecule has 2 heterocycles. The Bertz CT molecular complexity index is 533. The van der Waals surface area contributed by atoms with Gasteiger partial charge in [-0.25, -0.2) is 4.39 Å². The van der Waals surface area contributed by atoms with Crippen molar-refractivity contribution in [2.75, 3.05) is 13.2 Å². The van der Waals surface area contributed by atoms with Crippen LogP contribution in [-0.4, -0.2) is 23.4 Å². The maximum absolute atomic E-state index is 12.8. The zero-order valence-corrected chi connectivity index (χ0v) is 10.5. The third-order valence-corrected chi connectivity index (χ3v) is 3.32. The molecular formula is C14H15FN2O2. The number of halogens is 1. The van der Waals surface area contributed by atoms with Gasteiger partial charge < -0.3 is 9.26 Å². The molecule has 0 radical (unpaired) electrons. The van der Waals surface area contributed by atoms with Gasteiger partial charge in [0.25, 0.3) is 0 Å². The smallest absolute Gasteiger partial charge is 0.226 e. The van der Waals surface area contributed by atoms with Crippen LogP contribution in [-0.2, 0) is 17.6 Å². The highest BCUT2D eigenvalue weighted by atomic mass is 19.1. The van der Waals surface area contributed by atoms with E-state index < -0.39 is 0 Å². The van der Waals surface area contributed by atoms with Gasteiger partial charge in [0.2, 0.25) is 5.89 Å². The number of ether oxygens (including phenoxy) is 1. The molecule has 0 spiro atoms. The topological polar surface area (TPSA) is 48.2 Å². The third kappa shape index (κ3) is 2.98. The number of aryl methyl sites for hydroxylation is 2. The van der Waals surface area contributed by atoms with Gasteiger partial charge in [0.05, 0.1) is 6.61 Å². The van der Waals surface area contributed by atoms with Gasteiger partial charge in [-0.2, -0.15) is 4.98 Å². The predicted molar refractivity (Wildman–Crippen MR) is 66.3 cm³/mol. The second-order valence-corrected chi connectivity index (χ2v) is 4.73. The Morgan fingerprint density at radius 3 is 2.79 bits per heavy atom. The Labute approximate surface area is 110 Å². The Kier molecular flexibility index (Phi) is 3.55. The van der Waals surface area contributed by atoms with Gasteiger partial charge in [0, 0.05) is 18.9 Å². The molecule has 2 aromatic rings. The molecule has 1 aromatic carbocycles. The highest BCUT2D eigenvalue weighted by Gasteiger charge is 2.22. The van der Waals surface area contributed by atoms with Crippen molar-refractivity contribution in [1.29, 1.82) is 0 Å². The van der Waals surface area contributed by atoms with Crippen molar-refractivity contribution >= 4 is 0 Å². The van der Waals surface area contributed by atoms with Crippen LogP contribution in [0.3, 0.4) is 0 Å². The minimum Gasteiger partial charge on any atom is -0.381 e. The Hall–Kier alpha value is -1.75. The van der Waals surface area contributed by atoms with Gasteiger partial charge in [0.1, 0.15) is 5.82 Å². The van der Waals surface area contributed by atoms with E-state index in [2.05, 4.69) is 10.1 Å². The summed E-state index contributed by atoms with van der Waals surface area (Å²) < 4.78 is 23.3. The maximum atomic E-state index is 12.8. The lowest BCUT2D eigenvalue weighted by molar-refractivity contribution is 0.192. The maximum Gasteiger partial charge on any atom is 0.226 e. The van der Waals surface area contributed by atoms with E-state index in [1.54, 1.807) is 12.1 Å². The molecule has 1 aromatic heterocycles. The standard InChI is InChI=1S/C14H15FN2O2/c15-12-4-1-10(2-5-12)3-6-13-16-14(17-19-13)11-7-8-18-9-11/h1-2,4-5,11H,3,6-9H2. The summed E-state index contributed by atoms with van der Waals surface area (Å²) in [6.45, 7) is 1.45. The molecule has 3 rings (SSSR count). The molecule has 0 amide bonds. The first-order valence-corrected chi connectivity index (χ1v) is 6.46. The van der Waals surface area contributed by atoms with Crippen molar-refractivity contribution in [2.24, 2.45) is 0 Å². The lowest BCUT2D eigenvalue weighted by Gasteiger charge is -1.98. The summed E-state index contributed by atoms with van der Waals surface area (Å²) in [6, 6.07) is 6.48. The molecule has 0 N–H and O–H groups in total. The second-order valence-electron chi connectivity index (χ2n) is 4.73. The minimum atomic E-state index is -0.218. The van der Waals surface area contributed by atoms with Gasteiger partial charge in [-0.15, -0.1) is 0 Å². The summed E-state index contributed by atoms with van der Waals surface area (Å²) >= 11 is 0. The van der Waals surface area contributed by atoms with Crippen molar-refractivity contribution < 1.29 is 13.7 Å². The van der Waals surface area contributed by atoms with Crippen LogP contribution in [0.4, 0.5) is 4.39 Å². The largest absolute Gasteiger partial charge is 0.381 e. The fourth-order valence-electron chi connectivity index (χ4n) is 2.18. The summed E-state index contributed by atoms with van der Waals surface area (Å²) in [6.07, 6.45) is 2.40. The lowest BCUT2D eigenvalue weighted by Crippen LogP contribution is -2.00. The van der Waals surface area contributed by atoms with Crippen LogP contribution >= 0.6 is 0 Å². The molecule has 1 atom stereocenters. The molecule has 100 valence electrons. The SMILES string of the molecule is Fc1ccc(CCc2nc(C3CCOC3)no2)cc1. The number of rotatable bonds is 4. The second kappa shape index (κ2) is 5.48. The van der Waals surface area contributed by atoms with Crippen molar-refractivity contribution in [3.8, 4) is 0 Å². The van der Waals surface area contributed by atoms with E-state index in [-0.39, 0.29) is 11.7 Å². The first-order valence-electron chi connectivity index (χ1n) is 6.46. The minimum absolute atomic E-state index is 0.218.